The Labute approximate surface area is 90.7 Å². The first-order chi connectivity index (χ1) is 7.79. The number of aromatic nitrogens is 3. The monoisotopic (exact) mass is 221 g/mol. The quantitative estimate of drug-likeness (QED) is 0.488. The summed E-state index contributed by atoms with van der Waals surface area (Å²) in [6.45, 7) is 0. The van der Waals surface area contributed by atoms with Gasteiger partial charge in [0.15, 0.2) is 0 Å². The average Bonchev–Trinajstić information content (AvgIpc) is 2.80. The topological polar surface area (TPSA) is 110 Å². The average molecular weight is 221 g/mol. The maximum absolute atomic E-state index is 11.5. The number of H-pyrrole nitrogens is 1. The standard InChI is InChI=1S/C9H11N5O2/c10-12-9-11-8(15)7(13-14-9)4-3-6-2-1-5-16-6/h1-2,5H,3-4,10H2,(H2,11,12,14,15). The molecule has 0 aliphatic rings. The van der Waals surface area contributed by atoms with Crippen molar-refractivity contribution in [3.8, 4) is 0 Å². The summed E-state index contributed by atoms with van der Waals surface area (Å²) in [5.74, 6) is 6.04. The highest BCUT2D eigenvalue weighted by atomic mass is 16.3. The molecule has 4 N–H and O–H groups in total. The second kappa shape index (κ2) is 4.58. The van der Waals surface area contributed by atoms with Crippen molar-refractivity contribution in [1.29, 1.82) is 0 Å². The zero-order valence-corrected chi connectivity index (χ0v) is 8.43. The summed E-state index contributed by atoms with van der Waals surface area (Å²) >= 11 is 0. The highest BCUT2D eigenvalue weighted by Gasteiger charge is 2.05. The van der Waals surface area contributed by atoms with Crippen molar-refractivity contribution in [2.75, 3.05) is 5.43 Å². The van der Waals surface area contributed by atoms with Crippen LogP contribution in [0.2, 0.25) is 0 Å². The van der Waals surface area contributed by atoms with Crippen molar-refractivity contribution in [3.05, 3.63) is 40.2 Å². The molecule has 0 amide bonds. The molecule has 7 heteroatoms. The summed E-state index contributed by atoms with van der Waals surface area (Å²) in [6.07, 6.45) is 2.67. The van der Waals surface area contributed by atoms with Crippen molar-refractivity contribution in [2.24, 2.45) is 5.84 Å². The van der Waals surface area contributed by atoms with Crippen LogP contribution in [0.15, 0.2) is 27.6 Å². The Kier molecular flexibility index (Phi) is 2.97. The van der Waals surface area contributed by atoms with Crippen molar-refractivity contribution in [3.63, 3.8) is 0 Å². The maximum Gasteiger partial charge on any atom is 0.274 e. The second-order valence-electron chi connectivity index (χ2n) is 3.17. The Morgan fingerprint density at radius 3 is 2.94 bits per heavy atom. The smallest absolute Gasteiger partial charge is 0.274 e. The van der Waals surface area contributed by atoms with Gasteiger partial charge in [-0.25, -0.2) is 5.84 Å². The number of hydrazine groups is 1. The third kappa shape index (κ3) is 2.26. The van der Waals surface area contributed by atoms with E-state index in [1.54, 1.807) is 12.3 Å². The van der Waals surface area contributed by atoms with E-state index in [0.717, 1.165) is 5.76 Å². The van der Waals surface area contributed by atoms with E-state index in [1.807, 2.05) is 6.07 Å². The number of nitrogens with zero attached hydrogens (tertiary/aromatic N) is 2. The van der Waals surface area contributed by atoms with Gasteiger partial charge in [0, 0.05) is 12.8 Å². The zero-order valence-electron chi connectivity index (χ0n) is 8.43. The van der Waals surface area contributed by atoms with Crippen LogP contribution in [-0.2, 0) is 12.8 Å². The Bertz CT molecular complexity index is 505. The van der Waals surface area contributed by atoms with Crippen molar-refractivity contribution >= 4 is 5.95 Å². The van der Waals surface area contributed by atoms with E-state index in [0.29, 0.717) is 18.5 Å². The van der Waals surface area contributed by atoms with E-state index in [9.17, 15) is 4.79 Å². The normalized spacial score (nSPS) is 10.3. The van der Waals surface area contributed by atoms with E-state index >= 15 is 0 Å². The zero-order chi connectivity index (χ0) is 11.4. The van der Waals surface area contributed by atoms with Gasteiger partial charge in [0.25, 0.3) is 5.56 Å². The molecule has 0 aliphatic carbocycles. The molecule has 0 fully saturated rings. The minimum absolute atomic E-state index is 0.145. The summed E-state index contributed by atoms with van der Waals surface area (Å²) in [4.78, 5) is 13.9. The first kappa shape index (κ1) is 10.4. The van der Waals surface area contributed by atoms with Crippen LogP contribution in [0.3, 0.4) is 0 Å². The van der Waals surface area contributed by atoms with Crippen molar-refractivity contribution in [2.45, 2.75) is 12.8 Å². The van der Waals surface area contributed by atoms with Gasteiger partial charge in [0.05, 0.1) is 6.26 Å². The number of anilines is 1. The lowest BCUT2D eigenvalue weighted by Crippen LogP contribution is -2.22. The first-order valence-corrected chi connectivity index (χ1v) is 4.74. The molecule has 0 unspecified atom stereocenters. The summed E-state index contributed by atoms with van der Waals surface area (Å²) in [5, 5.41) is 7.46. The molecule has 2 heterocycles. The maximum atomic E-state index is 11.5. The predicted octanol–water partition coefficient (Wildman–Crippen LogP) is -0.171. The van der Waals surface area contributed by atoms with Crippen LogP contribution < -0.4 is 16.8 Å². The number of aromatic amines is 1. The third-order valence-electron chi connectivity index (χ3n) is 2.09. The Balaban J connectivity index is 2.07. The number of nitrogens with one attached hydrogen (secondary N) is 2. The molecular weight excluding hydrogens is 210 g/mol. The molecule has 0 saturated carbocycles. The van der Waals surface area contributed by atoms with Crippen LogP contribution in [0.4, 0.5) is 5.95 Å². The molecule has 0 atom stereocenters. The summed E-state index contributed by atoms with van der Waals surface area (Å²) < 4.78 is 5.15. The molecular formula is C9H11N5O2. The fourth-order valence-electron chi connectivity index (χ4n) is 1.29. The number of nitrogens with two attached hydrogens (primary N) is 1. The van der Waals surface area contributed by atoms with Crippen LogP contribution in [0, 0.1) is 0 Å². The van der Waals surface area contributed by atoms with Crippen LogP contribution in [-0.4, -0.2) is 15.2 Å². The molecule has 0 spiro atoms. The number of nitrogen functional groups attached to an aromatic ring is 1. The van der Waals surface area contributed by atoms with Crippen LogP contribution in [0.25, 0.3) is 0 Å². The number of furan rings is 1. The second-order valence-corrected chi connectivity index (χ2v) is 3.17. The minimum Gasteiger partial charge on any atom is -0.469 e. The first-order valence-electron chi connectivity index (χ1n) is 4.74. The van der Waals surface area contributed by atoms with E-state index in [1.165, 1.54) is 0 Å². The Morgan fingerprint density at radius 1 is 1.44 bits per heavy atom. The molecule has 0 radical (unpaired) electrons. The van der Waals surface area contributed by atoms with Gasteiger partial charge in [-0.15, -0.1) is 10.2 Å². The molecule has 0 aromatic carbocycles. The van der Waals surface area contributed by atoms with Crippen molar-refractivity contribution in [1.82, 2.24) is 15.2 Å². The third-order valence-corrected chi connectivity index (χ3v) is 2.09. The van der Waals surface area contributed by atoms with Gasteiger partial charge >= 0.3 is 0 Å². The highest BCUT2D eigenvalue weighted by Crippen LogP contribution is 2.03. The lowest BCUT2D eigenvalue weighted by atomic mass is 10.2. The predicted molar refractivity (Wildman–Crippen MR) is 56.6 cm³/mol. The van der Waals surface area contributed by atoms with Gasteiger partial charge < -0.3 is 4.42 Å². The SMILES string of the molecule is NNc1nnc(CCc2ccco2)c(=O)[nH]1. The molecule has 7 nitrogen and oxygen atoms in total. The molecule has 0 aliphatic heterocycles. The molecule has 84 valence electrons. The Morgan fingerprint density at radius 2 is 2.31 bits per heavy atom. The fraction of sp³-hybridized carbons (Fsp3) is 0.222. The lowest BCUT2D eigenvalue weighted by molar-refractivity contribution is 0.506. The Hall–Kier alpha value is -2.15. The van der Waals surface area contributed by atoms with E-state index in [2.05, 4.69) is 20.6 Å². The minimum atomic E-state index is -0.297. The van der Waals surface area contributed by atoms with Gasteiger partial charge in [-0.3, -0.25) is 15.2 Å². The molecule has 2 aromatic rings. The van der Waals surface area contributed by atoms with Gasteiger partial charge in [-0.2, -0.15) is 0 Å². The molecule has 2 rings (SSSR count). The number of aryl methyl sites for hydroxylation is 2. The lowest BCUT2D eigenvalue weighted by Gasteiger charge is -1.99. The van der Waals surface area contributed by atoms with E-state index < -0.39 is 0 Å². The number of rotatable bonds is 4. The van der Waals surface area contributed by atoms with Crippen LogP contribution >= 0.6 is 0 Å². The molecule has 2 aromatic heterocycles. The molecule has 0 bridgehead atoms. The summed E-state index contributed by atoms with van der Waals surface area (Å²) in [5.41, 5.74) is 2.28. The van der Waals surface area contributed by atoms with Crippen LogP contribution in [0.1, 0.15) is 11.5 Å². The largest absolute Gasteiger partial charge is 0.469 e. The highest BCUT2D eigenvalue weighted by molar-refractivity contribution is 5.18. The number of hydrogen-bond donors (Lipinski definition) is 3. The van der Waals surface area contributed by atoms with E-state index in [4.69, 9.17) is 10.3 Å². The van der Waals surface area contributed by atoms with Crippen LogP contribution in [0.5, 0.6) is 0 Å². The van der Waals surface area contributed by atoms with Gasteiger partial charge in [0.1, 0.15) is 11.5 Å². The number of hydrogen-bond acceptors (Lipinski definition) is 6. The van der Waals surface area contributed by atoms with E-state index in [-0.39, 0.29) is 11.5 Å². The molecule has 0 saturated heterocycles. The fourth-order valence-corrected chi connectivity index (χ4v) is 1.29. The van der Waals surface area contributed by atoms with Crippen molar-refractivity contribution < 1.29 is 4.42 Å². The van der Waals surface area contributed by atoms with Gasteiger partial charge in [0.2, 0.25) is 5.95 Å². The van der Waals surface area contributed by atoms with Gasteiger partial charge in [-0.05, 0) is 12.1 Å². The van der Waals surface area contributed by atoms with Gasteiger partial charge in [-0.1, -0.05) is 0 Å². The summed E-state index contributed by atoms with van der Waals surface area (Å²) in [7, 11) is 0. The molecule has 16 heavy (non-hydrogen) atoms. The summed E-state index contributed by atoms with van der Waals surface area (Å²) in [6, 6.07) is 3.64.